The van der Waals surface area contributed by atoms with Gasteiger partial charge in [-0.25, -0.2) is 4.68 Å². The van der Waals surface area contributed by atoms with Crippen LogP contribution in [0, 0.1) is 0 Å². The Kier molecular flexibility index (Phi) is 4.24. The Morgan fingerprint density at radius 2 is 2.30 bits per heavy atom. The van der Waals surface area contributed by atoms with Crippen LogP contribution in [0.1, 0.15) is 31.4 Å². The average Bonchev–Trinajstić information content (AvgIpc) is 3.19. The van der Waals surface area contributed by atoms with Crippen molar-refractivity contribution in [3.8, 4) is 0 Å². The molecule has 0 aliphatic heterocycles. The molecule has 2 aromatic rings. The molecule has 1 saturated carbocycles. The van der Waals surface area contributed by atoms with Crippen molar-refractivity contribution in [2.45, 2.75) is 42.4 Å². The maximum atomic E-state index is 6.31. The van der Waals surface area contributed by atoms with E-state index in [1.165, 1.54) is 12.8 Å². The van der Waals surface area contributed by atoms with Crippen LogP contribution < -0.4 is 5.32 Å². The lowest BCUT2D eigenvalue weighted by Crippen LogP contribution is -2.13. The number of hydrogen-bond donors (Lipinski definition) is 1. The van der Waals surface area contributed by atoms with Crippen molar-refractivity contribution < 1.29 is 0 Å². The number of rotatable bonds is 6. The van der Waals surface area contributed by atoms with Crippen LogP contribution in [0.15, 0.2) is 28.3 Å². The smallest absolute Gasteiger partial charge is 0.214 e. The highest BCUT2D eigenvalue weighted by atomic mass is 35.5. The van der Waals surface area contributed by atoms with Gasteiger partial charge in [0.05, 0.1) is 6.04 Å². The molecule has 1 aliphatic rings. The molecule has 0 bridgehead atoms. The summed E-state index contributed by atoms with van der Waals surface area (Å²) in [6.45, 7) is 3.75. The number of nitrogens with zero attached hydrogens (tertiary/aromatic N) is 4. The third-order valence-corrected chi connectivity index (χ3v) is 4.59. The molecule has 20 heavy (non-hydrogen) atoms. The van der Waals surface area contributed by atoms with E-state index < -0.39 is 0 Å². The fraction of sp³-hybridized carbons (Fsp3) is 0.462. The Morgan fingerprint density at radius 1 is 1.45 bits per heavy atom. The molecular formula is C13H16ClN5S. The molecule has 0 saturated heterocycles. The molecule has 1 fully saturated rings. The zero-order chi connectivity index (χ0) is 13.9. The van der Waals surface area contributed by atoms with E-state index in [4.69, 9.17) is 11.6 Å². The first-order valence-electron chi connectivity index (χ1n) is 6.73. The molecule has 0 unspecified atom stereocenters. The zero-order valence-corrected chi connectivity index (χ0v) is 12.8. The molecule has 106 valence electrons. The molecule has 0 spiro atoms. The summed E-state index contributed by atoms with van der Waals surface area (Å²) in [6.07, 6.45) is 2.33. The van der Waals surface area contributed by atoms with Gasteiger partial charge in [-0.15, -0.1) is 5.10 Å². The minimum absolute atomic E-state index is 0.476. The number of nitrogens with one attached hydrogen (secondary N) is 1. The summed E-state index contributed by atoms with van der Waals surface area (Å²) in [4.78, 5) is 1.11. The topological polar surface area (TPSA) is 55.6 Å². The summed E-state index contributed by atoms with van der Waals surface area (Å²) in [5, 5.41) is 16.9. The summed E-state index contributed by atoms with van der Waals surface area (Å²) < 4.78 is 1.92. The van der Waals surface area contributed by atoms with Gasteiger partial charge < -0.3 is 5.32 Å². The van der Waals surface area contributed by atoms with Crippen LogP contribution in [0.25, 0.3) is 0 Å². The van der Waals surface area contributed by atoms with Crippen LogP contribution in [-0.4, -0.2) is 26.8 Å². The summed E-state index contributed by atoms with van der Waals surface area (Å²) in [5.41, 5.74) is 1.10. The van der Waals surface area contributed by atoms with Crippen LogP contribution in [0.3, 0.4) is 0 Å². The molecule has 1 aromatic carbocycles. The van der Waals surface area contributed by atoms with E-state index in [0.29, 0.717) is 6.04 Å². The van der Waals surface area contributed by atoms with Gasteiger partial charge in [-0.05, 0) is 59.3 Å². The second kappa shape index (κ2) is 6.11. The Balaban J connectivity index is 1.85. The largest absolute Gasteiger partial charge is 0.313 e. The van der Waals surface area contributed by atoms with Gasteiger partial charge >= 0.3 is 0 Å². The Hall–Kier alpha value is -1.11. The first-order chi connectivity index (χ1) is 9.79. The van der Waals surface area contributed by atoms with Gasteiger partial charge in [-0.1, -0.05) is 24.6 Å². The van der Waals surface area contributed by atoms with E-state index >= 15 is 0 Å². The minimum Gasteiger partial charge on any atom is -0.313 e. The predicted molar refractivity (Wildman–Crippen MR) is 79.0 cm³/mol. The van der Waals surface area contributed by atoms with E-state index in [9.17, 15) is 0 Å². The molecular weight excluding hydrogens is 294 g/mol. The maximum Gasteiger partial charge on any atom is 0.214 e. The van der Waals surface area contributed by atoms with Gasteiger partial charge in [-0.3, -0.25) is 0 Å². The maximum absolute atomic E-state index is 6.31. The zero-order valence-electron chi connectivity index (χ0n) is 11.2. The standard InChI is InChI=1S/C13H16ClN5S/c1-2-15-8-10-11(14)4-3-5-12(10)20-13-16-17-18-19(13)9-6-7-9/h3-5,9,15H,2,6-8H2,1H3. The van der Waals surface area contributed by atoms with Crippen LogP contribution in [0.5, 0.6) is 0 Å². The number of hydrogen-bond acceptors (Lipinski definition) is 5. The second-order valence-corrected chi connectivity index (χ2v) is 6.15. The average molecular weight is 310 g/mol. The SMILES string of the molecule is CCNCc1c(Cl)cccc1Sc1nnnn1C1CC1. The quantitative estimate of drug-likeness (QED) is 0.889. The predicted octanol–water partition coefficient (Wildman–Crippen LogP) is 2.92. The first kappa shape index (κ1) is 13.9. The highest BCUT2D eigenvalue weighted by molar-refractivity contribution is 7.99. The molecule has 5 nitrogen and oxygen atoms in total. The Morgan fingerprint density at radius 3 is 3.05 bits per heavy atom. The summed E-state index contributed by atoms with van der Waals surface area (Å²) >= 11 is 7.89. The molecule has 0 atom stereocenters. The van der Waals surface area contributed by atoms with E-state index in [-0.39, 0.29) is 0 Å². The lowest BCUT2D eigenvalue weighted by Gasteiger charge is -2.11. The van der Waals surface area contributed by atoms with Gasteiger partial charge in [-0.2, -0.15) is 0 Å². The lowest BCUT2D eigenvalue weighted by atomic mass is 10.2. The number of aromatic nitrogens is 4. The van der Waals surface area contributed by atoms with Crippen molar-refractivity contribution in [3.05, 3.63) is 28.8 Å². The highest BCUT2D eigenvalue weighted by Gasteiger charge is 2.28. The Bertz CT molecular complexity index is 596. The molecule has 1 aliphatic carbocycles. The summed E-state index contributed by atoms with van der Waals surface area (Å²) in [5.74, 6) is 0. The van der Waals surface area contributed by atoms with Gasteiger partial charge in [0.25, 0.3) is 0 Å². The minimum atomic E-state index is 0.476. The molecule has 1 heterocycles. The van der Waals surface area contributed by atoms with Crippen molar-refractivity contribution in [2.75, 3.05) is 6.54 Å². The van der Waals surface area contributed by atoms with E-state index in [1.807, 2.05) is 16.8 Å². The molecule has 1 aromatic heterocycles. The van der Waals surface area contributed by atoms with Gasteiger partial charge in [0, 0.05) is 16.5 Å². The van der Waals surface area contributed by atoms with Gasteiger partial charge in [0.1, 0.15) is 0 Å². The monoisotopic (exact) mass is 309 g/mol. The van der Waals surface area contributed by atoms with Crippen LogP contribution in [0.4, 0.5) is 0 Å². The normalized spacial score (nSPS) is 14.7. The fourth-order valence-corrected chi connectivity index (χ4v) is 3.26. The van der Waals surface area contributed by atoms with Crippen molar-refractivity contribution in [1.29, 1.82) is 0 Å². The van der Waals surface area contributed by atoms with Crippen molar-refractivity contribution >= 4 is 23.4 Å². The van der Waals surface area contributed by atoms with E-state index in [1.54, 1.807) is 11.8 Å². The van der Waals surface area contributed by atoms with E-state index in [0.717, 1.165) is 33.7 Å². The molecule has 0 amide bonds. The molecule has 7 heteroatoms. The molecule has 0 radical (unpaired) electrons. The van der Waals surface area contributed by atoms with Crippen LogP contribution in [-0.2, 0) is 6.54 Å². The highest BCUT2D eigenvalue weighted by Crippen LogP contribution is 2.39. The lowest BCUT2D eigenvalue weighted by molar-refractivity contribution is 0.565. The van der Waals surface area contributed by atoms with Crippen LogP contribution >= 0.6 is 23.4 Å². The fourth-order valence-electron chi connectivity index (χ4n) is 1.96. The number of halogens is 1. The van der Waals surface area contributed by atoms with E-state index in [2.05, 4.69) is 33.8 Å². The second-order valence-electron chi connectivity index (χ2n) is 4.74. The van der Waals surface area contributed by atoms with Crippen molar-refractivity contribution in [2.24, 2.45) is 0 Å². The number of benzene rings is 1. The Labute approximate surface area is 127 Å². The number of tetrazole rings is 1. The van der Waals surface area contributed by atoms with Crippen molar-refractivity contribution in [1.82, 2.24) is 25.5 Å². The molecule has 3 rings (SSSR count). The summed E-state index contributed by atoms with van der Waals surface area (Å²) in [7, 11) is 0. The van der Waals surface area contributed by atoms with Gasteiger partial charge in [0.2, 0.25) is 5.16 Å². The third kappa shape index (κ3) is 2.97. The first-order valence-corrected chi connectivity index (χ1v) is 7.93. The van der Waals surface area contributed by atoms with Gasteiger partial charge in [0.15, 0.2) is 0 Å². The van der Waals surface area contributed by atoms with Crippen LogP contribution in [0.2, 0.25) is 5.02 Å². The summed E-state index contributed by atoms with van der Waals surface area (Å²) in [6, 6.07) is 6.42. The third-order valence-electron chi connectivity index (χ3n) is 3.18. The molecule has 1 N–H and O–H groups in total. The van der Waals surface area contributed by atoms with Crippen molar-refractivity contribution in [3.63, 3.8) is 0 Å².